The molecule has 0 aliphatic carbocycles. The van der Waals surface area contributed by atoms with Crippen molar-refractivity contribution in [1.29, 1.82) is 0 Å². The van der Waals surface area contributed by atoms with Crippen LogP contribution in [0.3, 0.4) is 0 Å². The highest BCUT2D eigenvalue weighted by atomic mass is 31.1. The Bertz CT molecular complexity index is 513. The Morgan fingerprint density at radius 3 is 2.33 bits per heavy atom. The van der Waals surface area contributed by atoms with Crippen molar-refractivity contribution < 1.29 is 23.4 Å². The van der Waals surface area contributed by atoms with E-state index in [-0.39, 0.29) is 0 Å². The summed E-state index contributed by atoms with van der Waals surface area (Å²) < 4.78 is 22.3. The van der Waals surface area contributed by atoms with Gasteiger partial charge in [0.15, 0.2) is 5.60 Å². The molecule has 0 N–H and O–H groups in total. The second-order valence-electron chi connectivity index (χ2n) is 4.20. The number of carbonyl (C=O) groups excluding carboxylic acids is 2. The van der Waals surface area contributed by atoms with Crippen molar-refractivity contribution in [2.24, 2.45) is 0 Å². The van der Waals surface area contributed by atoms with E-state index in [2.05, 4.69) is 0 Å². The molecule has 1 saturated heterocycles. The lowest BCUT2D eigenvalue weighted by molar-refractivity contribution is -0.132. The monoisotopic (exact) mass is 269 g/mol. The summed E-state index contributed by atoms with van der Waals surface area (Å²) in [5.74, 6) is -0.334. The molecule has 1 atom stereocenters. The van der Waals surface area contributed by atoms with Gasteiger partial charge >= 0.3 is 14.3 Å². The molecule has 1 aliphatic heterocycles. The quantitative estimate of drug-likeness (QED) is 0.786. The number of carbonyl (C=O) groups is 2. The largest absolute Gasteiger partial charge is 0.433 e. The Labute approximate surface area is 104 Å². The van der Waals surface area contributed by atoms with Crippen LogP contribution in [0.25, 0.3) is 0 Å². The van der Waals surface area contributed by atoms with Crippen LogP contribution >= 0.6 is 8.18 Å². The minimum Gasteiger partial charge on any atom is -0.433 e. The molecule has 1 heterocycles. The smallest absolute Gasteiger partial charge is 0.425 e. The third-order valence-electron chi connectivity index (χ3n) is 2.37. The van der Waals surface area contributed by atoms with Crippen molar-refractivity contribution in [3.8, 4) is 5.75 Å². The standard InChI is InChI=1S/C11H12NO5P/c1-11(2)9(13)12(10(14)16-11)18(15)17-8-6-4-3-5-7-8/h3-7,18H,1-2H3. The molecule has 1 fully saturated rings. The summed E-state index contributed by atoms with van der Waals surface area (Å²) in [5.41, 5.74) is -1.29. The fourth-order valence-electron chi connectivity index (χ4n) is 1.45. The van der Waals surface area contributed by atoms with E-state index in [9.17, 15) is 14.2 Å². The van der Waals surface area contributed by atoms with Gasteiger partial charge in [-0.05, 0) is 26.0 Å². The molecule has 0 aromatic heterocycles. The molecule has 1 unspecified atom stereocenters. The topological polar surface area (TPSA) is 72.9 Å². The van der Waals surface area contributed by atoms with E-state index in [1.165, 1.54) is 13.8 Å². The van der Waals surface area contributed by atoms with Gasteiger partial charge < -0.3 is 9.26 Å². The molecule has 0 spiro atoms. The molecule has 1 aromatic rings. The fourth-order valence-corrected chi connectivity index (χ4v) is 2.51. The van der Waals surface area contributed by atoms with Gasteiger partial charge in [-0.3, -0.25) is 9.36 Å². The third-order valence-corrected chi connectivity index (χ3v) is 3.54. The molecule has 0 radical (unpaired) electrons. The van der Waals surface area contributed by atoms with Gasteiger partial charge in [-0.25, -0.2) is 4.79 Å². The van der Waals surface area contributed by atoms with E-state index in [4.69, 9.17) is 9.26 Å². The molecular weight excluding hydrogens is 257 g/mol. The summed E-state index contributed by atoms with van der Waals surface area (Å²) in [5, 5.41) is 0. The minimum absolute atomic E-state index is 0.326. The zero-order valence-corrected chi connectivity index (χ0v) is 10.9. The van der Waals surface area contributed by atoms with Crippen molar-refractivity contribution in [1.82, 2.24) is 4.67 Å². The van der Waals surface area contributed by atoms with Crippen LogP contribution in [0, 0.1) is 0 Å². The number of cyclic esters (lactones) is 1. The number of hydrogen-bond acceptors (Lipinski definition) is 5. The molecule has 1 aliphatic rings. The summed E-state index contributed by atoms with van der Waals surface area (Å²) in [7, 11) is -3.03. The SMILES string of the molecule is CC1(C)OC(=O)N([PH](=O)Oc2ccccc2)C1=O. The number of hydrogen-bond donors (Lipinski definition) is 0. The van der Waals surface area contributed by atoms with Crippen LogP contribution in [0.4, 0.5) is 4.79 Å². The molecule has 0 bridgehead atoms. The van der Waals surface area contributed by atoms with Crippen LogP contribution in [-0.2, 0) is 14.1 Å². The van der Waals surface area contributed by atoms with E-state index < -0.39 is 25.8 Å². The Morgan fingerprint density at radius 2 is 1.83 bits per heavy atom. The van der Waals surface area contributed by atoms with Gasteiger partial charge in [0.1, 0.15) is 5.75 Å². The summed E-state index contributed by atoms with van der Waals surface area (Å²) >= 11 is 0. The molecule has 2 amide bonds. The van der Waals surface area contributed by atoms with Crippen molar-refractivity contribution in [3.63, 3.8) is 0 Å². The Balaban J connectivity index is 2.16. The first-order chi connectivity index (χ1) is 8.42. The summed E-state index contributed by atoms with van der Waals surface area (Å²) in [4.78, 5) is 23.3. The van der Waals surface area contributed by atoms with Crippen molar-refractivity contribution >= 4 is 20.2 Å². The second-order valence-corrected chi connectivity index (χ2v) is 5.38. The first-order valence-corrected chi connectivity index (χ1v) is 6.52. The number of imide groups is 1. The van der Waals surface area contributed by atoms with Crippen molar-refractivity contribution in [2.45, 2.75) is 19.4 Å². The maximum absolute atomic E-state index is 11.9. The average molecular weight is 269 g/mol. The number of benzene rings is 1. The first-order valence-electron chi connectivity index (χ1n) is 5.26. The predicted octanol–water partition coefficient (Wildman–Crippen LogP) is 2.21. The average Bonchev–Trinajstić information content (AvgIpc) is 2.49. The Morgan fingerprint density at radius 1 is 1.22 bits per heavy atom. The third kappa shape index (κ3) is 2.24. The zero-order chi connectivity index (χ0) is 13.3. The summed E-state index contributed by atoms with van der Waals surface area (Å²) in [6.07, 6.45) is -0.940. The molecule has 1 aromatic carbocycles. The lowest BCUT2D eigenvalue weighted by Crippen LogP contribution is -2.32. The van der Waals surface area contributed by atoms with Crippen molar-refractivity contribution in [3.05, 3.63) is 30.3 Å². The predicted molar refractivity (Wildman–Crippen MR) is 63.5 cm³/mol. The molecular formula is C11H12NO5P. The number of para-hydroxylation sites is 1. The highest BCUT2D eigenvalue weighted by Gasteiger charge is 2.50. The van der Waals surface area contributed by atoms with Gasteiger partial charge in [-0.2, -0.15) is 4.67 Å². The number of ether oxygens (including phenoxy) is 1. The molecule has 18 heavy (non-hydrogen) atoms. The molecule has 96 valence electrons. The molecule has 2 rings (SSSR count). The fraction of sp³-hybridized carbons (Fsp3) is 0.273. The number of amides is 2. The molecule has 0 saturated carbocycles. The van der Waals surface area contributed by atoms with Crippen LogP contribution < -0.4 is 4.52 Å². The molecule has 7 heteroatoms. The Hall–Kier alpha value is -1.81. The summed E-state index contributed by atoms with van der Waals surface area (Å²) in [6, 6.07) is 8.32. The van der Waals surface area contributed by atoms with E-state index in [0.29, 0.717) is 10.4 Å². The van der Waals surface area contributed by atoms with Gasteiger partial charge in [0.2, 0.25) is 0 Å². The van der Waals surface area contributed by atoms with E-state index >= 15 is 0 Å². The maximum atomic E-state index is 11.9. The molecule has 6 nitrogen and oxygen atoms in total. The highest BCUT2D eigenvalue weighted by molar-refractivity contribution is 7.38. The van der Waals surface area contributed by atoms with Crippen LogP contribution in [0.1, 0.15) is 13.8 Å². The van der Waals surface area contributed by atoms with Crippen LogP contribution in [0.15, 0.2) is 30.3 Å². The minimum atomic E-state index is -3.03. The second kappa shape index (κ2) is 4.46. The lowest BCUT2D eigenvalue weighted by atomic mass is 10.1. The van der Waals surface area contributed by atoms with Gasteiger partial charge in [0.05, 0.1) is 0 Å². The van der Waals surface area contributed by atoms with Gasteiger partial charge in [-0.1, -0.05) is 18.2 Å². The van der Waals surface area contributed by atoms with Crippen molar-refractivity contribution in [2.75, 3.05) is 0 Å². The van der Waals surface area contributed by atoms with E-state index in [1.807, 2.05) is 0 Å². The van der Waals surface area contributed by atoms with Gasteiger partial charge in [0, 0.05) is 0 Å². The maximum Gasteiger partial charge on any atom is 0.425 e. The highest BCUT2D eigenvalue weighted by Crippen LogP contribution is 2.38. The Kier molecular flexibility index (Phi) is 3.13. The first kappa shape index (κ1) is 12.6. The van der Waals surface area contributed by atoms with Crippen LogP contribution in [0.5, 0.6) is 5.75 Å². The lowest BCUT2D eigenvalue weighted by Gasteiger charge is -2.14. The van der Waals surface area contributed by atoms with E-state index in [0.717, 1.165) is 0 Å². The number of rotatable bonds is 3. The van der Waals surface area contributed by atoms with Crippen LogP contribution in [-0.4, -0.2) is 22.3 Å². The number of nitrogens with zero attached hydrogens (tertiary/aromatic N) is 1. The van der Waals surface area contributed by atoms with E-state index in [1.54, 1.807) is 30.3 Å². The normalized spacial score (nSPS) is 19.6. The zero-order valence-electron chi connectivity index (χ0n) is 9.88. The van der Waals surface area contributed by atoms with Crippen LogP contribution in [0.2, 0.25) is 0 Å². The van der Waals surface area contributed by atoms with Gasteiger partial charge in [-0.15, -0.1) is 0 Å². The van der Waals surface area contributed by atoms with Gasteiger partial charge in [0.25, 0.3) is 5.91 Å². The summed E-state index contributed by atoms with van der Waals surface area (Å²) in [6.45, 7) is 2.87.